The maximum atomic E-state index is 11.9. The molecular formula is C13H16N4OS. The summed E-state index contributed by atoms with van der Waals surface area (Å²) in [6.07, 6.45) is 1.73. The number of urea groups is 1. The molecule has 2 N–H and O–H groups in total. The van der Waals surface area contributed by atoms with E-state index in [2.05, 4.69) is 20.6 Å². The van der Waals surface area contributed by atoms with Crippen LogP contribution in [0.3, 0.4) is 0 Å². The SMILES string of the molecule is Cc1ccc(NC(=O)NC(C)c2nccs2)c(C)n1. The van der Waals surface area contributed by atoms with Crippen LogP contribution in [-0.2, 0) is 0 Å². The van der Waals surface area contributed by atoms with Crippen molar-refractivity contribution in [1.82, 2.24) is 15.3 Å². The topological polar surface area (TPSA) is 66.9 Å². The fourth-order valence-electron chi connectivity index (χ4n) is 1.68. The molecule has 0 bridgehead atoms. The number of amides is 2. The van der Waals surface area contributed by atoms with Gasteiger partial charge in [0, 0.05) is 17.3 Å². The van der Waals surface area contributed by atoms with E-state index in [0.717, 1.165) is 22.1 Å². The fraction of sp³-hybridized carbons (Fsp3) is 0.308. The Hall–Kier alpha value is -1.95. The summed E-state index contributed by atoms with van der Waals surface area (Å²) in [6.45, 7) is 5.69. The fourth-order valence-corrected chi connectivity index (χ4v) is 2.33. The molecule has 2 aromatic heterocycles. The van der Waals surface area contributed by atoms with Crippen LogP contribution in [0, 0.1) is 13.8 Å². The van der Waals surface area contributed by atoms with Gasteiger partial charge in [-0.05, 0) is 32.9 Å². The lowest BCUT2D eigenvalue weighted by Crippen LogP contribution is -2.31. The van der Waals surface area contributed by atoms with Gasteiger partial charge >= 0.3 is 6.03 Å². The molecule has 1 unspecified atom stereocenters. The molecule has 0 spiro atoms. The number of rotatable bonds is 3. The Labute approximate surface area is 116 Å². The van der Waals surface area contributed by atoms with Crippen molar-refractivity contribution in [3.8, 4) is 0 Å². The van der Waals surface area contributed by atoms with Crippen molar-refractivity contribution in [3.05, 3.63) is 40.1 Å². The number of nitrogens with one attached hydrogen (secondary N) is 2. The van der Waals surface area contributed by atoms with Crippen LogP contribution in [0.1, 0.15) is 29.4 Å². The summed E-state index contributed by atoms with van der Waals surface area (Å²) < 4.78 is 0. The first kappa shape index (κ1) is 13.5. The monoisotopic (exact) mass is 276 g/mol. The summed E-state index contributed by atoms with van der Waals surface area (Å²) in [7, 11) is 0. The lowest BCUT2D eigenvalue weighted by Gasteiger charge is -2.13. The molecule has 0 fully saturated rings. The number of carbonyl (C=O) groups excluding carboxylic acids is 1. The third-order valence-corrected chi connectivity index (χ3v) is 3.60. The first-order chi connectivity index (χ1) is 9.06. The molecule has 5 nitrogen and oxygen atoms in total. The minimum Gasteiger partial charge on any atom is -0.329 e. The zero-order valence-electron chi connectivity index (χ0n) is 11.1. The number of aryl methyl sites for hydroxylation is 2. The van der Waals surface area contributed by atoms with Gasteiger partial charge in [-0.15, -0.1) is 11.3 Å². The average Bonchev–Trinajstić information content (AvgIpc) is 2.86. The molecule has 2 aromatic rings. The molecule has 0 saturated carbocycles. The summed E-state index contributed by atoms with van der Waals surface area (Å²) in [5.74, 6) is 0. The zero-order valence-corrected chi connectivity index (χ0v) is 11.9. The van der Waals surface area contributed by atoms with Gasteiger partial charge in [-0.1, -0.05) is 0 Å². The quantitative estimate of drug-likeness (QED) is 0.905. The Kier molecular flexibility index (Phi) is 4.11. The summed E-state index contributed by atoms with van der Waals surface area (Å²) in [5, 5.41) is 8.41. The average molecular weight is 276 g/mol. The predicted octanol–water partition coefficient (Wildman–Crippen LogP) is 3.04. The summed E-state index contributed by atoms with van der Waals surface area (Å²) in [6, 6.07) is 3.35. The Morgan fingerprint density at radius 3 is 2.79 bits per heavy atom. The third kappa shape index (κ3) is 3.51. The van der Waals surface area contributed by atoms with Crippen LogP contribution in [0.25, 0.3) is 0 Å². The largest absolute Gasteiger partial charge is 0.329 e. The Balaban J connectivity index is 1.98. The van der Waals surface area contributed by atoms with Crippen molar-refractivity contribution in [2.24, 2.45) is 0 Å². The molecule has 0 aliphatic heterocycles. The number of hydrogen-bond acceptors (Lipinski definition) is 4. The maximum absolute atomic E-state index is 11.9. The van der Waals surface area contributed by atoms with Crippen molar-refractivity contribution in [2.45, 2.75) is 26.8 Å². The lowest BCUT2D eigenvalue weighted by atomic mass is 10.3. The molecule has 2 heterocycles. The van der Waals surface area contributed by atoms with Crippen molar-refractivity contribution >= 4 is 23.1 Å². The molecule has 1 atom stereocenters. The van der Waals surface area contributed by atoms with E-state index in [9.17, 15) is 4.79 Å². The summed E-state index contributed by atoms with van der Waals surface area (Å²) in [4.78, 5) is 20.4. The number of pyridine rings is 1. The molecule has 6 heteroatoms. The zero-order chi connectivity index (χ0) is 13.8. The van der Waals surface area contributed by atoms with Crippen LogP contribution >= 0.6 is 11.3 Å². The van der Waals surface area contributed by atoms with E-state index in [1.165, 1.54) is 11.3 Å². The molecular weight excluding hydrogens is 260 g/mol. The number of hydrogen-bond donors (Lipinski definition) is 2. The molecule has 0 aromatic carbocycles. The van der Waals surface area contributed by atoms with E-state index in [4.69, 9.17) is 0 Å². The second-order valence-electron chi connectivity index (χ2n) is 4.28. The van der Waals surface area contributed by atoms with E-state index < -0.39 is 0 Å². The van der Waals surface area contributed by atoms with Gasteiger partial charge in [-0.2, -0.15) is 0 Å². The Bertz CT molecular complexity index is 568. The van der Waals surface area contributed by atoms with E-state index >= 15 is 0 Å². The van der Waals surface area contributed by atoms with Gasteiger partial charge in [0.05, 0.1) is 17.4 Å². The normalized spacial score (nSPS) is 11.9. The Morgan fingerprint density at radius 1 is 1.37 bits per heavy atom. The molecule has 100 valence electrons. The Morgan fingerprint density at radius 2 is 2.16 bits per heavy atom. The molecule has 2 rings (SSSR count). The highest BCUT2D eigenvalue weighted by Crippen LogP contribution is 2.16. The van der Waals surface area contributed by atoms with Crippen molar-refractivity contribution in [2.75, 3.05) is 5.32 Å². The van der Waals surface area contributed by atoms with Gasteiger partial charge in [0.25, 0.3) is 0 Å². The first-order valence-electron chi connectivity index (χ1n) is 5.97. The first-order valence-corrected chi connectivity index (χ1v) is 6.85. The van der Waals surface area contributed by atoms with Crippen LogP contribution in [0.4, 0.5) is 10.5 Å². The molecule has 0 radical (unpaired) electrons. The second kappa shape index (κ2) is 5.79. The van der Waals surface area contributed by atoms with Crippen molar-refractivity contribution in [3.63, 3.8) is 0 Å². The molecule has 0 saturated heterocycles. The number of thiazole rings is 1. The van der Waals surface area contributed by atoms with Gasteiger partial charge in [-0.3, -0.25) is 4.98 Å². The minimum absolute atomic E-state index is 0.112. The highest BCUT2D eigenvalue weighted by Gasteiger charge is 2.12. The maximum Gasteiger partial charge on any atom is 0.319 e. The minimum atomic E-state index is -0.253. The standard InChI is InChI=1S/C13H16N4OS/c1-8-4-5-11(9(2)15-8)17-13(18)16-10(3)12-14-6-7-19-12/h4-7,10H,1-3H3,(H2,16,17,18). The van der Waals surface area contributed by atoms with Gasteiger partial charge in [-0.25, -0.2) is 9.78 Å². The second-order valence-corrected chi connectivity index (χ2v) is 5.20. The predicted molar refractivity (Wildman–Crippen MR) is 76.4 cm³/mol. The molecule has 19 heavy (non-hydrogen) atoms. The van der Waals surface area contributed by atoms with Gasteiger partial charge in [0.1, 0.15) is 5.01 Å². The highest BCUT2D eigenvalue weighted by molar-refractivity contribution is 7.09. The third-order valence-electron chi connectivity index (χ3n) is 2.64. The molecule has 2 amide bonds. The molecule has 0 aliphatic rings. The van der Waals surface area contributed by atoms with Gasteiger partial charge in [0.15, 0.2) is 0 Å². The number of anilines is 1. The number of nitrogens with zero attached hydrogens (tertiary/aromatic N) is 2. The number of aromatic nitrogens is 2. The van der Waals surface area contributed by atoms with Crippen LogP contribution < -0.4 is 10.6 Å². The molecule has 0 aliphatic carbocycles. The lowest BCUT2D eigenvalue weighted by molar-refractivity contribution is 0.249. The summed E-state index contributed by atoms with van der Waals surface area (Å²) >= 11 is 1.52. The van der Waals surface area contributed by atoms with Crippen molar-refractivity contribution in [1.29, 1.82) is 0 Å². The van der Waals surface area contributed by atoms with Crippen LogP contribution in [0.2, 0.25) is 0 Å². The number of carbonyl (C=O) groups is 1. The highest BCUT2D eigenvalue weighted by atomic mass is 32.1. The summed E-state index contributed by atoms with van der Waals surface area (Å²) in [5.41, 5.74) is 2.45. The van der Waals surface area contributed by atoms with E-state index in [1.54, 1.807) is 6.20 Å². The van der Waals surface area contributed by atoms with Crippen LogP contribution in [-0.4, -0.2) is 16.0 Å². The smallest absolute Gasteiger partial charge is 0.319 e. The van der Waals surface area contributed by atoms with Gasteiger partial charge < -0.3 is 10.6 Å². The van der Waals surface area contributed by atoms with E-state index in [-0.39, 0.29) is 12.1 Å². The van der Waals surface area contributed by atoms with Crippen LogP contribution in [0.15, 0.2) is 23.7 Å². The van der Waals surface area contributed by atoms with Gasteiger partial charge in [0.2, 0.25) is 0 Å². The van der Waals surface area contributed by atoms with Crippen molar-refractivity contribution < 1.29 is 4.79 Å². The van der Waals surface area contributed by atoms with E-state index in [1.807, 2.05) is 38.3 Å². The van der Waals surface area contributed by atoms with E-state index in [0.29, 0.717) is 0 Å². The van der Waals surface area contributed by atoms with Crippen LogP contribution in [0.5, 0.6) is 0 Å².